The first-order chi connectivity index (χ1) is 14.6. The number of rotatable bonds is 12. The average molecular weight is 416 g/mol. The zero-order chi connectivity index (χ0) is 21.8. The van der Waals surface area contributed by atoms with E-state index < -0.39 is 5.97 Å². The molecule has 0 amide bonds. The molecule has 2 rings (SSSR count). The first kappa shape index (κ1) is 23.1. The fraction of sp³-hybridized carbons (Fsp3) is 0.476. The van der Waals surface area contributed by atoms with E-state index in [4.69, 9.17) is 19.0 Å². The quantitative estimate of drug-likeness (QED) is 0.281. The molecule has 0 unspecified atom stereocenters. The van der Waals surface area contributed by atoms with Crippen LogP contribution in [0.4, 0.5) is 0 Å². The molecule has 0 aliphatic heterocycles. The van der Waals surface area contributed by atoms with Gasteiger partial charge in [-0.1, -0.05) is 31.8 Å². The lowest BCUT2D eigenvalue weighted by molar-refractivity contribution is 0.0504. The lowest BCUT2D eigenvalue weighted by Gasteiger charge is -2.09. The Kier molecular flexibility index (Phi) is 9.50. The van der Waals surface area contributed by atoms with Crippen molar-refractivity contribution in [1.29, 1.82) is 0 Å². The van der Waals surface area contributed by atoms with Gasteiger partial charge in [-0.2, -0.15) is 9.97 Å². The summed E-state index contributed by atoms with van der Waals surface area (Å²) in [6, 6.07) is 4.65. The predicted octanol–water partition coefficient (Wildman–Crippen LogP) is 4.57. The Balaban J connectivity index is 2.19. The third-order valence-corrected chi connectivity index (χ3v) is 4.14. The fourth-order valence-electron chi connectivity index (χ4n) is 2.49. The smallest absolute Gasteiger partial charge is 0.387 e. The zero-order valence-electron chi connectivity index (χ0n) is 17.9. The van der Waals surface area contributed by atoms with Crippen molar-refractivity contribution in [3.05, 3.63) is 30.1 Å². The number of carbonyl (C=O) groups excluding carboxylic acids is 1. The Morgan fingerprint density at radius 2 is 1.67 bits per heavy atom. The Labute approximate surface area is 176 Å². The van der Waals surface area contributed by atoms with Crippen LogP contribution in [0.5, 0.6) is 23.5 Å². The van der Waals surface area contributed by atoms with E-state index in [0.717, 1.165) is 44.2 Å². The molecule has 2 aromatic rings. The molecule has 0 radical (unpaired) electrons. The molecule has 0 saturated carbocycles. The van der Waals surface area contributed by atoms with Crippen LogP contribution in [-0.2, 0) is 4.84 Å². The molecule has 0 fully saturated rings. The largest absolute Gasteiger partial charge is 0.481 e. The number of pyridine rings is 1. The second-order valence-corrected chi connectivity index (χ2v) is 6.43. The lowest BCUT2D eigenvalue weighted by atomic mass is 10.1. The maximum atomic E-state index is 12.6. The number of oxime groups is 1. The highest BCUT2D eigenvalue weighted by atomic mass is 16.7. The minimum absolute atomic E-state index is 0.0306. The van der Waals surface area contributed by atoms with Crippen LogP contribution in [0.1, 0.15) is 62.9 Å². The van der Waals surface area contributed by atoms with Crippen LogP contribution in [0.25, 0.3) is 0 Å². The van der Waals surface area contributed by atoms with E-state index in [1.165, 1.54) is 26.5 Å². The van der Waals surface area contributed by atoms with Gasteiger partial charge in [0.25, 0.3) is 0 Å². The molecule has 0 bridgehead atoms. The summed E-state index contributed by atoms with van der Waals surface area (Å²) in [7, 11) is 2.93. The predicted molar refractivity (Wildman–Crippen MR) is 111 cm³/mol. The van der Waals surface area contributed by atoms with Gasteiger partial charge in [0.1, 0.15) is 0 Å². The number of hydrogen-bond acceptors (Lipinski definition) is 9. The van der Waals surface area contributed by atoms with Crippen LogP contribution in [0.3, 0.4) is 0 Å². The van der Waals surface area contributed by atoms with E-state index in [0.29, 0.717) is 0 Å². The highest BCUT2D eigenvalue weighted by Crippen LogP contribution is 2.26. The monoisotopic (exact) mass is 416 g/mol. The minimum Gasteiger partial charge on any atom is -0.481 e. The number of unbranched alkanes of at least 4 members (excludes halogenated alkanes) is 2. The van der Waals surface area contributed by atoms with E-state index in [2.05, 4.69) is 34.0 Å². The number of methoxy groups -OCH3 is 2. The van der Waals surface area contributed by atoms with Crippen LogP contribution in [0.2, 0.25) is 0 Å². The van der Waals surface area contributed by atoms with Gasteiger partial charge in [-0.05, 0) is 37.8 Å². The van der Waals surface area contributed by atoms with Crippen molar-refractivity contribution in [2.24, 2.45) is 5.16 Å². The van der Waals surface area contributed by atoms with Crippen molar-refractivity contribution < 1.29 is 23.8 Å². The van der Waals surface area contributed by atoms with Crippen molar-refractivity contribution >= 4 is 11.7 Å². The molecule has 9 nitrogen and oxygen atoms in total. The molecule has 0 aromatic carbocycles. The summed E-state index contributed by atoms with van der Waals surface area (Å²) >= 11 is 0. The zero-order valence-corrected chi connectivity index (χ0v) is 17.9. The third-order valence-electron chi connectivity index (χ3n) is 4.14. The van der Waals surface area contributed by atoms with Crippen molar-refractivity contribution in [3.63, 3.8) is 0 Å². The maximum absolute atomic E-state index is 12.6. The summed E-state index contributed by atoms with van der Waals surface area (Å²) in [6.45, 7) is 4.22. The Morgan fingerprint density at radius 3 is 2.23 bits per heavy atom. The van der Waals surface area contributed by atoms with Gasteiger partial charge in [0, 0.05) is 6.20 Å². The maximum Gasteiger partial charge on any atom is 0.387 e. The molecule has 0 spiro atoms. The van der Waals surface area contributed by atoms with E-state index in [9.17, 15) is 4.79 Å². The number of ether oxygens (including phenoxy) is 3. The highest BCUT2D eigenvalue weighted by Gasteiger charge is 2.19. The number of hydrogen-bond donors (Lipinski definition) is 0. The molecule has 162 valence electrons. The molecular formula is C21H28N4O5. The second-order valence-electron chi connectivity index (χ2n) is 6.43. The standard InChI is InChI=1S/C21H28N4O5/c1-5-7-10-15(11-8-6-2)25-30-20(26)19-16(12-9-13-22-19)29-21-23-17(27-3)14-18(24-21)28-4/h9,12-14H,5-8,10-11H2,1-4H3. The Bertz CT molecular complexity index is 825. The summed E-state index contributed by atoms with van der Waals surface area (Å²) in [5, 5.41) is 4.08. The molecule has 30 heavy (non-hydrogen) atoms. The summed E-state index contributed by atoms with van der Waals surface area (Å²) in [4.78, 5) is 30.0. The first-order valence-corrected chi connectivity index (χ1v) is 9.98. The number of carbonyl (C=O) groups is 1. The number of aromatic nitrogens is 3. The Hall–Kier alpha value is -3.23. The van der Waals surface area contributed by atoms with Crippen molar-refractivity contribution in [2.45, 2.75) is 52.4 Å². The molecule has 0 N–H and O–H groups in total. The molecule has 0 atom stereocenters. The Morgan fingerprint density at radius 1 is 1.03 bits per heavy atom. The third kappa shape index (κ3) is 6.98. The SMILES string of the molecule is CCCCC(CCCC)=NOC(=O)c1ncccc1Oc1nc(OC)cc(OC)n1. The highest BCUT2D eigenvalue weighted by molar-refractivity contribution is 5.91. The van der Waals surface area contributed by atoms with Crippen LogP contribution >= 0.6 is 0 Å². The normalized spacial score (nSPS) is 10.3. The molecule has 0 aliphatic carbocycles. The molecule has 0 aliphatic rings. The van der Waals surface area contributed by atoms with Gasteiger partial charge >= 0.3 is 12.0 Å². The summed E-state index contributed by atoms with van der Waals surface area (Å²) in [5.41, 5.74) is 0.836. The molecule has 0 saturated heterocycles. The first-order valence-electron chi connectivity index (χ1n) is 9.98. The van der Waals surface area contributed by atoms with Crippen LogP contribution in [0, 0.1) is 0 Å². The van der Waals surface area contributed by atoms with Gasteiger partial charge in [0.2, 0.25) is 11.8 Å². The summed E-state index contributed by atoms with van der Waals surface area (Å²) in [5.74, 6) is -0.0699. The average Bonchev–Trinajstić information content (AvgIpc) is 2.78. The van der Waals surface area contributed by atoms with Crippen LogP contribution in [0.15, 0.2) is 29.6 Å². The van der Waals surface area contributed by atoms with Crippen molar-refractivity contribution in [2.75, 3.05) is 14.2 Å². The van der Waals surface area contributed by atoms with E-state index >= 15 is 0 Å². The second kappa shape index (κ2) is 12.4. The van der Waals surface area contributed by atoms with Gasteiger partial charge in [-0.15, -0.1) is 0 Å². The molecule has 2 heterocycles. The summed E-state index contributed by atoms with van der Waals surface area (Å²) < 4.78 is 15.9. The van der Waals surface area contributed by atoms with Gasteiger partial charge in [0.05, 0.1) is 26.0 Å². The van der Waals surface area contributed by atoms with Crippen LogP contribution < -0.4 is 14.2 Å². The van der Waals surface area contributed by atoms with E-state index in [1.807, 2.05) is 0 Å². The minimum atomic E-state index is -0.717. The van der Waals surface area contributed by atoms with Crippen LogP contribution in [-0.4, -0.2) is 40.9 Å². The van der Waals surface area contributed by atoms with E-state index in [1.54, 1.807) is 12.1 Å². The fourth-order valence-corrected chi connectivity index (χ4v) is 2.49. The topological polar surface area (TPSA) is 105 Å². The van der Waals surface area contributed by atoms with Gasteiger partial charge in [-0.3, -0.25) is 0 Å². The molecule has 9 heteroatoms. The molecular weight excluding hydrogens is 388 g/mol. The summed E-state index contributed by atoms with van der Waals surface area (Å²) in [6.07, 6.45) is 7.14. The lowest BCUT2D eigenvalue weighted by Crippen LogP contribution is -2.09. The van der Waals surface area contributed by atoms with Gasteiger partial charge in [0.15, 0.2) is 11.4 Å². The van der Waals surface area contributed by atoms with E-state index in [-0.39, 0.29) is 29.2 Å². The van der Waals surface area contributed by atoms with Crippen molar-refractivity contribution in [1.82, 2.24) is 15.0 Å². The molecule has 2 aromatic heterocycles. The van der Waals surface area contributed by atoms with Gasteiger partial charge in [-0.25, -0.2) is 9.78 Å². The van der Waals surface area contributed by atoms with Gasteiger partial charge < -0.3 is 19.0 Å². The van der Waals surface area contributed by atoms with Crippen molar-refractivity contribution in [3.8, 4) is 23.5 Å². The number of nitrogens with zero attached hydrogens (tertiary/aromatic N) is 4.